The van der Waals surface area contributed by atoms with E-state index in [1.807, 2.05) is 12.1 Å². The second-order valence-electron chi connectivity index (χ2n) is 12.0. The Bertz CT molecular complexity index is 840. The highest BCUT2D eigenvalue weighted by molar-refractivity contribution is 5.48. The van der Waals surface area contributed by atoms with Crippen LogP contribution >= 0.6 is 0 Å². The SMILES string of the molecule is CC(Nc1ccc(C#N)cc1)[C@H]1CC[C@H]2[C@@H]3CC[C@@H]4C[C@](C)(O)CC[C@@H]4[C@H]3CC[C@]12C. The van der Waals surface area contributed by atoms with Gasteiger partial charge in [-0.2, -0.15) is 5.26 Å². The van der Waals surface area contributed by atoms with Gasteiger partial charge in [-0.1, -0.05) is 6.92 Å². The van der Waals surface area contributed by atoms with Crippen LogP contribution in [0, 0.1) is 52.3 Å². The molecule has 4 fully saturated rings. The van der Waals surface area contributed by atoms with Crippen molar-refractivity contribution in [2.24, 2.45) is 40.9 Å². The van der Waals surface area contributed by atoms with Gasteiger partial charge in [-0.25, -0.2) is 0 Å². The van der Waals surface area contributed by atoms with Gasteiger partial charge in [-0.3, -0.25) is 0 Å². The standard InChI is InChI=1S/C28H40N2O/c1-18(30-21-7-4-19(17-29)5-8-21)25-10-11-26-24-9-6-20-16-27(2,31)14-12-22(20)23(24)13-15-28(25,26)3/h4-5,7-8,18,20,22-26,30-31H,6,9-16H2,1-3H3/t18?,20-,22+,23-,24-,25-,26+,27-,28-/m1/s1. The van der Waals surface area contributed by atoms with Crippen molar-refractivity contribution in [1.82, 2.24) is 0 Å². The van der Waals surface area contributed by atoms with E-state index in [0.717, 1.165) is 59.6 Å². The number of nitriles is 1. The molecule has 0 radical (unpaired) electrons. The number of anilines is 1. The van der Waals surface area contributed by atoms with Crippen LogP contribution in [0.25, 0.3) is 0 Å². The van der Waals surface area contributed by atoms with Gasteiger partial charge in [0.2, 0.25) is 0 Å². The van der Waals surface area contributed by atoms with Crippen molar-refractivity contribution >= 4 is 5.69 Å². The molecule has 0 bridgehead atoms. The summed E-state index contributed by atoms with van der Waals surface area (Å²) in [7, 11) is 0. The molecule has 3 heteroatoms. The number of nitrogens with zero attached hydrogens (tertiary/aromatic N) is 1. The van der Waals surface area contributed by atoms with Crippen LogP contribution in [-0.4, -0.2) is 16.7 Å². The Balaban J connectivity index is 1.29. The van der Waals surface area contributed by atoms with Crippen molar-refractivity contribution in [3.8, 4) is 6.07 Å². The van der Waals surface area contributed by atoms with Crippen LogP contribution in [0.2, 0.25) is 0 Å². The van der Waals surface area contributed by atoms with Gasteiger partial charge in [0.25, 0.3) is 0 Å². The van der Waals surface area contributed by atoms with Crippen molar-refractivity contribution in [3.63, 3.8) is 0 Å². The van der Waals surface area contributed by atoms with Crippen LogP contribution in [0.4, 0.5) is 5.69 Å². The minimum atomic E-state index is -0.415. The first-order valence-corrected chi connectivity index (χ1v) is 12.8. The summed E-state index contributed by atoms with van der Waals surface area (Å²) in [6, 6.07) is 10.6. The molecular weight excluding hydrogens is 380 g/mol. The third-order valence-electron chi connectivity index (χ3n) is 10.3. The quantitative estimate of drug-likeness (QED) is 0.596. The van der Waals surface area contributed by atoms with Crippen molar-refractivity contribution < 1.29 is 5.11 Å². The smallest absolute Gasteiger partial charge is 0.0991 e. The molecule has 1 aromatic carbocycles. The van der Waals surface area contributed by atoms with Crippen LogP contribution < -0.4 is 5.32 Å². The van der Waals surface area contributed by atoms with Crippen molar-refractivity contribution in [2.75, 3.05) is 5.32 Å². The monoisotopic (exact) mass is 420 g/mol. The molecule has 4 aliphatic carbocycles. The van der Waals surface area contributed by atoms with Gasteiger partial charge in [-0.15, -0.1) is 0 Å². The van der Waals surface area contributed by atoms with E-state index in [-0.39, 0.29) is 0 Å². The van der Waals surface area contributed by atoms with Crippen molar-refractivity contribution in [3.05, 3.63) is 29.8 Å². The summed E-state index contributed by atoms with van der Waals surface area (Å²) >= 11 is 0. The highest BCUT2D eigenvalue weighted by atomic mass is 16.3. The Kier molecular flexibility index (Phi) is 5.37. The number of hydrogen-bond donors (Lipinski definition) is 2. The Morgan fingerprint density at radius 2 is 1.71 bits per heavy atom. The zero-order valence-electron chi connectivity index (χ0n) is 19.6. The zero-order valence-corrected chi connectivity index (χ0v) is 19.6. The summed E-state index contributed by atoms with van der Waals surface area (Å²) in [6.45, 7) is 7.06. The number of rotatable bonds is 3. The lowest BCUT2D eigenvalue weighted by Gasteiger charge is -2.57. The molecule has 1 aromatic rings. The molecule has 4 aliphatic rings. The summed E-state index contributed by atoms with van der Waals surface area (Å²) in [4.78, 5) is 0. The molecule has 168 valence electrons. The molecule has 0 aromatic heterocycles. The second-order valence-corrected chi connectivity index (χ2v) is 12.0. The van der Waals surface area contributed by atoms with E-state index >= 15 is 0 Å². The fraction of sp³-hybridized carbons (Fsp3) is 0.750. The van der Waals surface area contributed by atoms with E-state index in [2.05, 4.69) is 44.3 Å². The van der Waals surface area contributed by atoms with Gasteiger partial charge in [0.05, 0.1) is 17.2 Å². The molecule has 1 unspecified atom stereocenters. The van der Waals surface area contributed by atoms with E-state index in [1.54, 1.807) is 0 Å². The molecule has 5 rings (SSSR count). The van der Waals surface area contributed by atoms with E-state index in [4.69, 9.17) is 5.26 Å². The predicted molar refractivity (Wildman–Crippen MR) is 125 cm³/mol. The van der Waals surface area contributed by atoms with Gasteiger partial charge >= 0.3 is 0 Å². The van der Waals surface area contributed by atoms with Crippen LogP contribution in [0.3, 0.4) is 0 Å². The highest BCUT2D eigenvalue weighted by Crippen LogP contribution is 2.65. The number of benzene rings is 1. The maximum absolute atomic E-state index is 10.6. The molecule has 0 aliphatic heterocycles. The summed E-state index contributed by atoms with van der Waals surface area (Å²) in [5, 5.41) is 23.5. The molecule has 0 saturated heterocycles. The number of fused-ring (bicyclic) bond motifs is 5. The first-order chi connectivity index (χ1) is 14.8. The summed E-state index contributed by atoms with van der Waals surface area (Å²) in [5.74, 6) is 5.06. The lowest BCUT2D eigenvalue weighted by atomic mass is 9.49. The molecule has 0 heterocycles. The van der Waals surface area contributed by atoms with E-state index < -0.39 is 5.60 Å². The Hall–Kier alpha value is -1.53. The van der Waals surface area contributed by atoms with Gasteiger partial charge in [0, 0.05) is 11.7 Å². The normalized spacial score (nSPS) is 45.0. The average Bonchev–Trinajstić information content (AvgIpc) is 3.10. The topological polar surface area (TPSA) is 56.0 Å². The van der Waals surface area contributed by atoms with Gasteiger partial charge in [-0.05, 0) is 137 Å². The Morgan fingerprint density at radius 1 is 0.968 bits per heavy atom. The molecule has 4 saturated carbocycles. The van der Waals surface area contributed by atoms with Crippen LogP contribution in [0.1, 0.15) is 84.1 Å². The highest BCUT2D eigenvalue weighted by Gasteiger charge is 2.58. The van der Waals surface area contributed by atoms with Gasteiger partial charge < -0.3 is 10.4 Å². The molecule has 0 amide bonds. The zero-order chi connectivity index (χ0) is 21.8. The fourth-order valence-corrected chi connectivity index (χ4v) is 8.95. The first kappa shape index (κ1) is 21.3. The van der Waals surface area contributed by atoms with Crippen LogP contribution in [-0.2, 0) is 0 Å². The molecule has 9 atom stereocenters. The van der Waals surface area contributed by atoms with Crippen LogP contribution in [0.15, 0.2) is 24.3 Å². The molecule has 3 nitrogen and oxygen atoms in total. The lowest BCUT2D eigenvalue weighted by molar-refractivity contribution is -0.100. The van der Waals surface area contributed by atoms with Crippen LogP contribution in [0.5, 0.6) is 0 Å². The average molecular weight is 421 g/mol. The molecule has 0 spiro atoms. The third-order valence-corrected chi connectivity index (χ3v) is 10.3. The second kappa shape index (κ2) is 7.80. The predicted octanol–water partition coefficient (Wildman–Crippen LogP) is 6.38. The largest absolute Gasteiger partial charge is 0.390 e. The maximum Gasteiger partial charge on any atom is 0.0991 e. The first-order valence-electron chi connectivity index (χ1n) is 12.8. The maximum atomic E-state index is 10.6. The fourth-order valence-electron chi connectivity index (χ4n) is 8.95. The molecule has 31 heavy (non-hydrogen) atoms. The van der Waals surface area contributed by atoms with Gasteiger partial charge in [0.1, 0.15) is 0 Å². The number of hydrogen-bond acceptors (Lipinski definition) is 3. The Labute approximate surface area is 188 Å². The van der Waals surface area contributed by atoms with Crippen molar-refractivity contribution in [2.45, 2.75) is 90.2 Å². The summed E-state index contributed by atoms with van der Waals surface area (Å²) in [6.07, 6.45) is 11.6. The lowest BCUT2D eigenvalue weighted by Crippen LogP contribution is -2.51. The van der Waals surface area contributed by atoms with Gasteiger partial charge in [0.15, 0.2) is 0 Å². The van der Waals surface area contributed by atoms with E-state index in [1.165, 1.54) is 44.9 Å². The third kappa shape index (κ3) is 3.70. The molecule has 2 N–H and O–H groups in total. The van der Waals surface area contributed by atoms with E-state index in [9.17, 15) is 5.11 Å². The van der Waals surface area contributed by atoms with E-state index in [0.29, 0.717) is 11.5 Å². The minimum Gasteiger partial charge on any atom is -0.390 e. The Morgan fingerprint density at radius 3 is 2.45 bits per heavy atom. The van der Waals surface area contributed by atoms with Crippen molar-refractivity contribution in [1.29, 1.82) is 5.26 Å². The minimum absolute atomic E-state index is 0.415. The summed E-state index contributed by atoms with van der Waals surface area (Å²) in [5.41, 5.74) is 1.90. The number of nitrogens with one attached hydrogen (secondary N) is 1. The number of aliphatic hydroxyl groups is 1. The summed E-state index contributed by atoms with van der Waals surface area (Å²) < 4.78 is 0. The molecular formula is C28H40N2O.